The predicted octanol–water partition coefficient (Wildman–Crippen LogP) is 1.93. The second kappa shape index (κ2) is 9.97. The Hall–Kier alpha value is -1.86. The van der Waals surface area contributed by atoms with Gasteiger partial charge >= 0.3 is 0 Å². The van der Waals surface area contributed by atoms with Gasteiger partial charge in [0.05, 0.1) is 0 Å². The zero-order chi connectivity index (χ0) is 16.4. The van der Waals surface area contributed by atoms with Crippen LogP contribution in [0.15, 0.2) is 24.3 Å². The van der Waals surface area contributed by atoms with Gasteiger partial charge in [-0.25, -0.2) is 0 Å². The maximum Gasteiger partial charge on any atom is 0.276 e. The smallest absolute Gasteiger partial charge is 0.276 e. The average molecular weight is 344 g/mol. The van der Waals surface area contributed by atoms with Crippen LogP contribution in [0.1, 0.15) is 26.2 Å². The molecule has 1 aromatic carbocycles. The Morgan fingerprint density at radius 1 is 1.18 bits per heavy atom. The monoisotopic (exact) mass is 343 g/mol. The van der Waals surface area contributed by atoms with Crippen LogP contribution in [0.3, 0.4) is 0 Å². The number of ether oxygens (including phenoxy) is 1. The van der Waals surface area contributed by atoms with Gasteiger partial charge in [-0.15, -0.1) is 0 Å². The van der Waals surface area contributed by atoms with Gasteiger partial charge in [-0.3, -0.25) is 20.4 Å². The van der Waals surface area contributed by atoms with Gasteiger partial charge in [-0.1, -0.05) is 24.9 Å². The molecule has 2 amide bonds. The Bertz CT molecular complexity index is 523. The van der Waals surface area contributed by atoms with Crippen molar-refractivity contribution >= 4 is 40.7 Å². The number of carbonyl (C=O) groups is 2. The summed E-state index contributed by atoms with van der Waals surface area (Å²) in [6.45, 7) is 1.80. The molecule has 0 aliphatic heterocycles. The van der Waals surface area contributed by atoms with Gasteiger partial charge in [-0.2, -0.15) is 0 Å². The Morgan fingerprint density at radius 2 is 1.86 bits per heavy atom. The van der Waals surface area contributed by atoms with Crippen molar-refractivity contribution in [1.82, 2.24) is 16.2 Å². The van der Waals surface area contributed by atoms with Crippen LogP contribution in [-0.4, -0.2) is 23.5 Å². The van der Waals surface area contributed by atoms with Crippen molar-refractivity contribution in [3.8, 4) is 5.75 Å². The SMILES string of the molecule is CCCCC(=O)NC(=S)NNC(=O)COc1ccc(Cl)cc1. The second-order valence-corrected chi connectivity index (χ2v) is 5.24. The van der Waals surface area contributed by atoms with E-state index in [4.69, 9.17) is 28.6 Å². The van der Waals surface area contributed by atoms with Crippen LogP contribution in [-0.2, 0) is 9.59 Å². The van der Waals surface area contributed by atoms with Crippen LogP contribution in [0, 0.1) is 0 Å². The minimum Gasteiger partial charge on any atom is -0.484 e. The fourth-order valence-corrected chi connectivity index (χ4v) is 1.69. The van der Waals surface area contributed by atoms with E-state index in [9.17, 15) is 9.59 Å². The lowest BCUT2D eigenvalue weighted by Crippen LogP contribution is -2.49. The highest BCUT2D eigenvalue weighted by atomic mass is 35.5. The summed E-state index contributed by atoms with van der Waals surface area (Å²) in [5.41, 5.74) is 4.76. The standard InChI is InChI=1S/C14H18ClN3O3S/c1-2-3-4-12(19)16-14(22)18-17-13(20)9-21-11-7-5-10(15)6-8-11/h5-8H,2-4,9H2,1H3,(H,17,20)(H2,16,18,19,22). The molecule has 6 nitrogen and oxygen atoms in total. The topological polar surface area (TPSA) is 79.5 Å². The first kappa shape index (κ1) is 18.2. The number of hydrogen-bond acceptors (Lipinski definition) is 4. The summed E-state index contributed by atoms with van der Waals surface area (Å²) < 4.78 is 5.25. The Labute approximate surface area is 139 Å². The van der Waals surface area contributed by atoms with E-state index in [1.165, 1.54) is 0 Å². The maximum absolute atomic E-state index is 11.5. The second-order valence-electron chi connectivity index (χ2n) is 4.40. The number of nitrogens with one attached hydrogen (secondary N) is 3. The molecule has 0 bridgehead atoms. The van der Waals surface area contributed by atoms with Crippen LogP contribution in [0.25, 0.3) is 0 Å². The predicted molar refractivity (Wildman–Crippen MR) is 88.5 cm³/mol. The van der Waals surface area contributed by atoms with Crippen LogP contribution in [0.4, 0.5) is 0 Å². The van der Waals surface area contributed by atoms with Crippen molar-refractivity contribution in [2.75, 3.05) is 6.61 Å². The van der Waals surface area contributed by atoms with Crippen LogP contribution >= 0.6 is 23.8 Å². The Morgan fingerprint density at radius 3 is 2.50 bits per heavy atom. The lowest BCUT2D eigenvalue weighted by Gasteiger charge is -2.11. The molecule has 22 heavy (non-hydrogen) atoms. The molecule has 1 aromatic rings. The van der Waals surface area contributed by atoms with Gasteiger partial charge in [0.1, 0.15) is 5.75 Å². The number of halogens is 1. The molecule has 0 aliphatic rings. The van der Waals surface area contributed by atoms with Crippen molar-refractivity contribution in [2.24, 2.45) is 0 Å². The highest BCUT2D eigenvalue weighted by Crippen LogP contribution is 2.15. The summed E-state index contributed by atoms with van der Waals surface area (Å²) in [7, 11) is 0. The molecule has 0 unspecified atom stereocenters. The molecule has 0 saturated carbocycles. The third-order valence-electron chi connectivity index (χ3n) is 2.51. The molecule has 0 fully saturated rings. The van der Waals surface area contributed by atoms with Crippen LogP contribution < -0.4 is 20.9 Å². The first-order valence-electron chi connectivity index (χ1n) is 6.78. The Balaban J connectivity index is 2.21. The number of hydrogen-bond donors (Lipinski definition) is 3. The van der Waals surface area contributed by atoms with Crippen molar-refractivity contribution in [3.63, 3.8) is 0 Å². The van der Waals surface area contributed by atoms with Gasteiger partial charge in [0.15, 0.2) is 11.7 Å². The zero-order valence-electron chi connectivity index (χ0n) is 12.1. The van der Waals surface area contributed by atoms with Crippen molar-refractivity contribution in [1.29, 1.82) is 0 Å². The lowest BCUT2D eigenvalue weighted by molar-refractivity contribution is -0.124. The third-order valence-corrected chi connectivity index (χ3v) is 2.97. The highest BCUT2D eigenvalue weighted by molar-refractivity contribution is 7.80. The Kier molecular flexibility index (Phi) is 8.24. The van der Waals surface area contributed by atoms with E-state index in [2.05, 4.69) is 16.2 Å². The number of rotatable bonds is 6. The van der Waals surface area contributed by atoms with E-state index in [-0.39, 0.29) is 17.6 Å². The molecule has 1 rings (SSSR count). The van der Waals surface area contributed by atoms with Crippen LogP contribution in [0.2, 0.25) is 5.02 Å². The zero-order valence-corrected chi connectivity index (χ0v) is 13.7. The minimum absolute atomic E-state index is 0.0425. The molecule has 0 atom stereocenters. The van der Waals surface area contributed by atoms with Gasteiger partial charge in [-0.05, 0) is 42.9 Å². The maximum atomic E-state index is 11.5. The molecule has 8 heteroatoms. The first-order chi connectivity index (χ1) is 10.5. The van der Waals surface area contributed by atoms with E-state index >= 15 is 0 Å². The number of amides is 2. The van der Waals surface area contributed by atoms with E-state index in [0.717, 1.165) is 12.8 Å². The van der Waals surface area contributed by atoms with Gasteiger partial charge in [0.2, 0.25) is 5.91 Å². The first-order valence-corrected chi connectivity index (χ1v) is 7.57. The van der Waals surface area contributed by atoms with Gasteiger partial charge in [0.25, 0.3) is 5.91 Å². The number of benzene rings is 1. The fourth-order valence-electron chi connectivity index (χ4n) is 1.40. The molecule has 0 aliphatic carbocycles. The quantitative estimate of drug-likeness (QED) is 0.543. The van der Waals surface area contributed by atoms with Gasteiger partial charge < -0.3 is 10.1 Å². The molecular weight excluding hydrogens is 326 g/mol. The third kappa shape index (κ3) is 7.80. The van der Waals surface area contributed by atoms with Crippen molar-refractivity contribution < 1.29 is 14.3 Å². The summed E-state index contributed by atoms with van der Waals surface area (Å²) in [5, 5.41) is 3.09. The summed E-state index contributed by atoms with van der Waals surface area (Å²) in [6, 6.07) is 6.63. The minimum atomic E-state index is -0.430. The molecular formula is C14H18ClN3O3S. The summed E-state index contributed by atoms with van der Waals surface area (Å²) in [6.07, 6.45) is 2.11. The largest absolute Gasteiger partial charge is 0.484 e. The summed E-state index contributed by atoms with van der Waals surface area (Å²) in [4.78, 5) is 23.0. The summed E-state index contributed by atoms with van der Waals surface area (Å²) >= 11 is 10.6. The average Bonchev–Trinajstić information content (AvgIpc) is 2.50. The lowest BCUT2D eigenvalue weighted by atomic mass is 10.2. The molecule has 120 valence electrons. The van der Waals surface area contributed by atoms with E-state index in [1.807, 2.05) is 6.92 Å². The fraction of sp³-hybridized carbons (Fsp3) is 0.357. The van der Waals surface area contributed by atoms with Crippen LogP contribution in [0.5, 0.6) is 5.75 Å². The molecule has 3 N–H and O–H groups in total. The molecule has 0 radical (unpaired) electrons. The van der Waals surface area contributed by atoms with E-state index in [1.54, 1.807) is 24.3 Å². The number of unbranched alkanes of at least 4 members (excludes halogenated alkanes) is 1. The molecule has 0 saturated heterocycles. The van der Waals surface area contributed by atoms with Gasteiger partial charge in [0, 0.05) is 11.4 Å². The van der Waals surface area contributed by atoms with Crippen molar-refractivity contribution in [3.05, 3.63) is 29.3 Å². The normalized spacial score (nSPS) is 9.73. The molecule has 0 heterocycles. The van der Waals surface area contributed by atoms with E-state index in [0.29, 0.717) is 17.2 Å². The number of carbonyl (C=O) groups excluding carboxylic acids is 2. The summed E-state index contributed by atoms with van der Waals surface area (Å²) in [5.74, 6) is -0.0962. The number of thiocarbonyl (C=S) groups is 1. The van der Waals surface area contributed by atoms with Crippen molar-refractivity contribution in [2.45, 2.75) is 26.2 Å². The highest BCUT2D eigenvalue weighted by Gasteiger charge is 2.06. The number of hydrazine groups is 1. The molecule has 0 aromatic heterocycles. The molecule has 0 spiro atoms. The van der Waals surface area contributed by atoms with E-state index < -0.39 is 5.91 Å².